The van der Waals surface area contributed by atoms with Crippen molar-refractivity contribution in [3.05, 3.63) is 35.0 Å². The Balaban J connectivity index is 3.01. The van der Waals surface area contributed by atoms with Gasteiger partial charge in [0.25, 0.3) is 0 Å². The van der Waals surface area contributed by atoms with Gasteiger partial charge in [0.05, 0.1) is 0 Å². The van der Waals surface area contributed by atoms with Crippen molar-refractivity contribution in [1.82, 2.24) is 0 Å². The zero-order valence-corrected chi connectivity index (χ0v) is 10.0. The van der Waals surface area contributed by atoms with Crippen LogP contribution in [0.15, 0.2) is 29.2 Å². The Morgan fingerprint density at radius 3 is 2.07 bits per heavy atom. The van der Waals surface area contributed by atoms with E-state index < -0.39 is 11.0 Å². The second-order valence-electron chi connectivity index (χ2n) is 4.36. The van der Waals surface area contributed by atoms with Gasteiger partial charge in [0, 0.05) is 0 Å². The van der Waals surface area contributed by atoms with Crippen molar-refractivity contribution >= 4 is 17.7 Å². The summed E-state index contributed by atoms with van der Waals surface area (Å²) in [5.74, 6) is 0. The van der Waals surface area contributed by atoms with Crippen LogP contribution >= 0.6 is 0 Å². The number of benzene rings is 1. The van der Waals surface area contributed by atoms with Crippen LogP contribution in [-0.2, 0) is 16.4 Å². The molecule has 0 aromatic heterocycles. The molecule has 1 aromatic rings. The molecule has 0 fully saturated rings. The molecule has 1 unspecified atom stereocenters. The van der Waals surface area contributed by atoms with E-state index in [0.717, 1.165) is 5.56 Å². The van der Waals surface area contributed by atoms with Gasteiger partial charge in [-0.2, -0.15) is 4.21 Å². The van der Waals surface area contributed by atoms with Crippen molar-refractivity contribution in [3.8, 4) is 0 Å². The Bertz CT molecular complexity index is 390. The molecule has 0 radical (unpaired) electrons. The predicted octanol–water partition coefficient (Wildman–Crippen LogP) is 2.22. The van der Waals surface area contributed by atoms with E-state index in [1.54, 1.807) is 12.1 Å². The molecule has 0 heterocycles. The summed E-state index contributed by atoms with van der Waals surface area (Å²) in [6.45, 7) is 9.36. The van der Waals surface area contributed by atoms with Gasteiger partial charge in [0.1, 0.15) is 4.90 Å². The smallest absolute Gasteiger partial charge is 0.326 e. The predicted molar refractivity (Wildman–Crippen MR) is 62.3 cm³/mol. The first-order chi connectivity index (χ1) is 6.82. The summed E-state index contributed by atoms with van der Waals surface area (Å²) < 4.78 is 11.6. The Morgan fingerprint density at radius 1 is 1.27 bits per heavy atom. The third-order valence-electron chi connectivity index (χ3n) is 2.11. The van der Waals surface area contributed by atoms with Crippen LogP contribution in [0.1, 0.15) is 26.3 Å². The molecular weight excluding hydrogens is 210 g/mol. The fourth-order valence-corrected chi connectivity index (χ4v) is 1.79. The van der Waals surface area contributed by atoms with Crippen LogP contribution in [0.3, 0.4) is 0 Å². The molecule has 82 valence electrons. The monoisotopic (exact) mass is 225 g/mol. The van der Waals surface area contributed by atoms with Gasteiger partial charge in [-0.3, -0.25) is 0 Å². The number of hydrogen-bond donors (Lipinski definition) is 0. The SMILES string of the molecule is C=[N+]([O-])S(=O)c1ccc(C(C)(C)C)cc1. The lowest BCUT2D eigenvalue weighted by molar-refractivity contribution is -0.258. The zero-order valence-electron chi connectivity index (χ0n) is 9.19. The van der Waals surface area contributed by atoms with E-state index in [2.05, 4.69) is 27.5 Å². The van der Waals surface area contributed by atoms with Crippen LogP contribution in [-0.4, -0.2) is 15.1 Å². The summed E-state index contributed by atoms with van der Waals surface area (Å²) in [5, 5.41) is 10.7. The molecule has 0 saturated heterocycles. The normalized spacial score (nSPS) is 13.5. The van der Waals surface area contributed by atoms with Gasteiger partial charge in [0.2, 0.25) is 0 Å². The third-order valence-corrected chi connectivity index (χ3v) is 3.15. The van der Waals surface area contributed by atoms with Crippen molar-refractivity contribution in [2.24, 2.45) is 0 Å². The molecule has 4 heteroatoms. The Morgan fingerprint density at radius 2 is 1.73 bits per heavy atom. The van der Waals surface area contributed by atoms with Crippen molar-refractivity contribution in [3.63, 3.8) is 0 Å². The van der Waals surface area contributed by atoms with Crippen LogP contribution in [0.25, 0.3) is 0 Å². The fourth-order valence-electron chi connectivity index (χ4n) is 1.19. The average molecular weight is 225 g/mol. The van der Waals surface area contributed by atoms with Crippen LogP contribution in [0.5, 0.6) is 0 Å². The summed E-state index contributed by atoms with van der Waals surface area (Å²) in [6, 6.07) is 7.17. The van der Waals surface area contributed by atoms with E-state index in [4.69, 9.17) is 0 Å². The van der Waals surface area contributed by atoms with Gasteiger partial charge in [-0.15, -0.1) is 4.14 Å². The lowest BCUT2D eigenvalue weighted by atomic mass is 9.87. The molecule has 1 rings (SSSR count). The lowest BCUT2D eigenvalue weighted by Gasteiger charge is -2.18. The van der Waals surface area contributed by atoms with Gasteiger partial charge in [-0.05, 0) is 23.1 Å². The Kier molecular flexibility index (Phi) is 3.29. The fraction of sp³-hybridized carbons (Fsp3) is 0.364. The molecule has 15 heavy (non-hydrogen) atoms. The van der Waals surface area contributed by atoms with Crippen molar-refractivity contribution in [1.29, 1.82) is 0 Å². The second-order valence-corrected chi connectivity index (χ2v) is 5.73. The molecule has 1 aromatic carbocycles. The minimum atomic E-state index is -1.70. The largest absolute Gasteiger partial charge is 0.610 e. The van der Waals surface area contributed by atoms with Gasteiger partial charge < -0.3 is 5.21 Å². The van der Waals surface area contributed by atoms with E-state index in [0.29, 0.717) is 4.90 Å². The highest BCUT2D eigenvalue weighted by Gasteiger charge is 2.15. The van der Waals surface area contributed by atoms with E-state index in [1.165, 1.54) is 0 Å². The van der Waals surface area contributed by atoms with Crippen LogP contribution in [0, 0.1) is 5.21 Å². The molecule has 0 amide bonds. The first-order valence-corrected chi connectivity index (χ1v) is 5.73. The highest BCUT2D eigenvalue weighted by Crippen LogP contribution is 2.22. The van der Waals surface area contributed by atoms with E-state index in [9.17, 15) is 9.42 Å². The van der Waals surface area contributed by atoms with Gasteiger partial charge >= 0.3 is 11.0 Å². The highest BCUT2D eigenvalue weighted by molar-refractivity contribution is 7.79. The van der Waals surface area contributed by atoms with Crippen molar-refractivity contribution < 1.29 is 8.35 Å². The zero-order chi connectivity index (χ0) is 11.6. The number of rotatable bonds is 2. The summed E-state index contributed by atoms with van der Waals surface area (Å²) in [5.41, 5.74) is 1.20. The maximum atomic E-state index is 11.4. The molecular formula is C11H15NO2S. The Hall–Kier alpha value is -1.16. The van der Waals surface area contributed by atoms with Gasteiger partial charge in [-0.1, -0.05) is 32.9 Å². The molecule has 1 atom stereocenters. The molecule has 0 aliphatic carbocycles. The van der Waals surface area contributed by atoms with Crippen molar-refractivity contribution in [2.45, 2.75) is 31.1 Å². The summed E-state index contributed by atoms with van der Waals surface area (Å²) in [6.07, 6.45) is 0. The summed E-state index contributed by atoms with van der Waals surface area (Å²) in [4.78, 5) is 0.480. The average Bonchev–Trinajstić information content (AvgIpc) is 2.15. The lowest BCUT2D eigenvalue weighted by Crippen LogP contribution is -2.11. The first kappa shape index (κ1) is 11.9. The number of hydrogen-bond acceptors (Lipinski definition) is 2. The topological polar surface area (TPSA) is 43.1 Å². The standard InChI is InChI=1S/C11H15NO2S/c1-11(2,3)9-5-7-10(8-6-9)15(14)12(4)13/h5-8H,4H2,1-3H3. The highest BCUT2D eigenvalue weighted by atomic mass is 32.2. The Labute approximate surface area is 92.6 Å². The minimum absolute atomic E-state index is 0.0572. The molecule has 0 aliphatic heterocycles. The van der Waals surface area contributed by atoms with Gasteiger partial charge in [-0.25, -0.2) is 0 Å². The first-order valence-electron chi connectivity index (χ1n) is 4.62. The van der Waals surface area contributed by atoms with Gasteiger partial charge in [0.15, 0.2) is 6.72 Å². The summed E-state index contributed by atoms with van der Waals surface area (Å²) in [7, 11) is -1.70. The molecule has 0 spiro atoms. The second kappa shape index (κ2) is 4.14. The molecule has 3 nitrogen and oxygen atoms in total. The molecule has 0 N–H and O–H groups in total. The van der Waals surface area contributed by atoms with Crippen molar-refractivity contribution in [2.75, 3.05) is 0 Å². The summed E-state index contributed by atoms with van der Waals surface area (Å²) >= 11 is 0. The van der Waals surface area contributed by atoms with E-state index in [-0.39, 0.29) is 9.56 Å². The van der Waals surface area contributed by atoms with E-state index >= 15 is 0 Å². The molecule has 0 saturated carbocycles. The minimum Gasteiger partial charge on any atom is -0.610 e. The third kappa shape index (κ3) is 2.89. The van der Waals surface area contributed by atoms with Crippen LogP contribution in [0.2, 0.25) is 0 Å². The molecule has 0 aliphatic rings. The quantitative estimate of drug-likeness (QED) is 0.335. The number of nitrogens with zero attached hydrogens (tertiary/aromatic N) is 1. The van der Waals surface area contributed by atoms with Crippen LogP contribution in [0.4, 0.5) is 0 Å². The van der Waals surface area contributed by atoms with Crippen LogP contribution < -0.4 is 0 Å². The molecule has 0 bridgehead atoms. The maximum Gasteiger partial charge on any atom is 0.326 e. The van der Waals surface area contributed by atoms with E-state index in [1.807, 2.05) is 12.1 Å². The maximum absolute atomic E-state index is 11.4.